The number of anilines is 2. The van der Waals surface area contributed by atoms with E-state index in [1.807, 2.05) is 0 Å². The van der Waals surface area contributed by atoms with Gasteiger partial charge in [-0.25, -0.2) is 0 Å². The fourth-order valence-electron chi connectivity index (χ4n) is 6.61. The summed E-state index contributed by atoms with van der Waals surface area (Å²) in [4.78, 5) is 19.6. The Kier molecular flexibility index (Phi) is 6.27. The van der Waals surface area contributed by atoms with E-state index in [9.17, 15) is 4.79 Å². The van der Waals surface area contributed by atoms with Gasteiger partial charge in [0.15, 0.2) is 12.5 Å². The summed E-state index contributed by atoms with van der Waals surface area (Å²) < 4.78 is 0. The van der Waals surface area contributed by atoms with E-state index in [-0.39, 0.29) is 6.17 Å². The molecule has 1 heterocycles. The van der Waals surface area contributed by atoms with E-state index in [0.717, 1.165) is 51.5 Å². The molecule has 36 heavy (non-hydrogen) atoms. The van der Waals surface area contributed by atoms with Crippen LogP contribution in [0.25, 0.3) is 6.08 Å². The molecular weight excluding hydrogens is 442 g/mol. The number of nitrogens with zero attached hydrogens (tertiary/aromatic N) is 3. The Morgan fingerprint density at radius 1 is 0.861 bits per heavy atom. The molecule has 3 aromatic carbocycles. The lowest BCUT2D eigenvalue weighted by Crippen LogP contribution is -2.51. The molecule has 1 fully saturated rings. The Morgan fingerprint density at radius 2 is 1.56 bits per heavy atom. The Labute approximate surface area is 214 Å². The normalized spacial score (nSPS) is 22.7. The number of aldehydes is 1. The largest absolute Gasteiger partial charge is 0.367 e. The number of benzene rings is 3. The second-order valence-electron chi connectivity index (χ2n) is 10.3. The third kappa shape index (κ3) is 4.09. The van der Waals surface area contributed by atoms with Gasteiger partial charge in [0.1, 0.15) is 0 Å². The van der Waals surface area contributed by atoms with Crippen molar-refractivity contribution >= 4 is 23.7 Å². The summed E-state index contributed by atoms with van der Waals surface area (Å²) in [6.07, 6.45) is 8.85. The maximum atomic E-state index is 12.3. The van der Waals surface area contributed by atoms with Gasteiger partial charge < -0.3 is 14.7 Å². The zero-order valence-electron chi connectivity index (χ0n) is 21.1. The Balaban J connectivity index is 1.23. The maximum Gasteiger partial charge on any atom is 0.162 e. The van der Waals surface area contributed by atoms with E-state index in [0.29, 0.717) is 12.1 Å². The zero-order chi connectivity index (χ0) is 24.5. The Bertz CT molecular complexity index is 1250. The molecule has 0 saturated heterocycles. The highest BCUT2D eigenvalue weighted by Gasteiger charge is 2.40. The van der Waals surface area contributed by atoms with E-state index in [1.54, 1.807) is 0 Å². The fourth-order valence-corrected chi connectivity index (χ4v) is 6.61. The molecule has 0 aromatic heterocycles. The lowest BCUT2D eigenvalue weighted by Gasteiger charge is -2.43. The summed E-state index contributed by atoms with van der Waals surface area (Å²) in [6, 6.07) is 29.1. The maximum absolute atomic E-state index is 12.3. The van der Waals surface area contributed by atoms with E-state index in [4.69, 9.17) is 0 Å². The van der Waals surface area contributed by atoms with Crippen LogP contribution in [0, 0.1) is 0 Å². The molecule has 1 aliphatic heterocycles. The van der Waals surface area contributed by atoms with Crippen LogP contribution in [0.5, 0.6) is 0 Å². The van der Waals surface area contributed by atoms with Gasteiger partial charge in [-0.15, -0.1) is 0 Å². The lowest BCUT2D eigenvalue weighted by atomic mass is 9.88. The van der Waals surface area contributed by atoms with Crippen LogP contribution >= 0.6 is 0 Å². The molecule has 3 aromatic rings. The van der Waals surface area contributed by atoms with E-state index < -0.39 is 0 Å². The number of carbonyl (C=O) groups is 1. The van der Waals surface area contributed by atoms with Crippen molar-refractivity contribution in [3.8, 4) is 0 Å². The number of fused-ring (bicyclic) bond motifs is 2. The van der Waals surface area contributed by atoms with Gasteiger partial charge in [-0.2, -0.15) is 0 Å². The van der Waals surface area contributed by atoms with Gasteiger partial charge in [0.05, 0.1) is 11.4 Å². The number of hydrogen-bond acceptors (Lipinski definition) is 4. The average Bonchev–Trinajstić information content (AvgIpc) is 3.51. The van der Waals surface area contributed by atoms with Crippen LogP contribution in [0.3, 0.4) is 0 Å². The number of rotatable bonds is 7. The highest BCUT2D eigenvalue weighted by molar-refractivity contribution is 5.86. The minimum absolute atomic E-state index is 0.193. The van der Waals surface area contributed by atoms with E-state index >= 15 is 0 Å². The van der Waals surface area contributed by atoms with Gasteiger partial charge in [-0.3, -0.25) is 4.79 Å². The van der Waals surface area contributed by atoms with Gasteiger partial charge >= 0.3 is 0 Å². The molecule has 2 aliphatic carbocycles. The highest BCUT2D eigenvalue weighted by Crippen LogP contribution is 2.43. The standard InChI is InChI=1S/C32H35N3O/c1-2-33-30-14-8-9-15-31(30)35(32(33)23-36)28-18-16-27(17-19-28)34(22-24-10-4-3-5-11-24)29-20-25-12-6-7-13-26(25)21-29/h3-15,20,23,27-28,32H,2,16-19,21-22H2,1H3. The van der Waals surface area contributed by atoms with Gasteiger partial charge in [0.25, 0.3) is 0 Å². The Morgan fingerprint density at radius 3 is 2.28 bits per heavy atom. The monoisotopic (exact) mass is 477 g/mol. The van der Waals surface area contributed by atoms with Gasteiger partial charge in [0.2, 0.25) is 0 Å². The number of carbonyl (C=O) groups excluding carboxylic acids is 1. The molecule has 0 spiro atoms. The molecule has 1 saturated carbocycles. The van der Waals surface area contributed by atoms with Crippen LogP contribution in [0.4, 0.5) is 11.4 Å². The summed E-state index contributed by atoms with van der Waals surface area (Å²) >= 11 is 0. The molecule has 1 unspecified atom stereocenters. The van der Waals surface area contributed by atoms with Crippen molar-refractivity contribution in [1.29, 1.82) is 0 Å². The quantitative estimate of drug-likeness (QED) is 0.375. The molecule has 6 rings (SSSR count). The first-order valence-electron chi connectivity index (χ1n) is 13.4. The summed E-state index contributed by atoms with van der Waals surface area (Å²) in [5.41, 5.74) is 8.01. The minimum Gasteiger partial charge on any atom is -0.367 e. The van der Waals surface area contributed by atoms with Crippen molar-refractivity contribution in [3.63, 3.8) is 0 Å². The van der Waals surface area contributed by atoms with Crippen molar-refractivity contribution < 1.29 is 4.79 Å². The molecule has 0 amide bonds. The Hall–Kier alpha value is -3.53. The average molecular weight is 478 g/mol. The number of allylic oxidation sites excluding steroid dienone is 1. The molecule has 3 aliphatic rings. The van der Waals surface area contributed by atoms with Crippen LogP contribution in [-0.4, -0.2) is 36.0 Å². The molecule has 184 valence electrons. The van der Waals surface area contributed by atoms with Crippen molar-refractivity contribution in [2.75, 3.05) is 16.3 Å². The number of hydrogen-bond donors (Lipinski definition) is 0. The van der Waals surface area contributed by atoms with Crippen LogP contribution in [0.2, 0.25) is 0 Å². The first-order chi connectivity index (χ1) is 17.8. The topological polar surface area (TPSA) is 26.8 Å². The van der Waals surface area contributed by atoms with Crippen molar-refractivity contribution in [3.05, 3.63) is 101 Å². The molecule has 1 atom stereocenters. The summed E-state index contributed by atoms with van der Waals surface area (Å²) in [5.74, 6) is 0. The van der Waals surface area contributed by atoms with Crippen LogP contribution in [0.15, 0.2) is 84.6 Å². The third-order valence-electron chi connectivity index (χ3n) is 8.35. The predicted octanol–water partition coefficient (Wildman–Crippen LogP) is 6.27. The molecule has 4 nitrogen and oxygen atoms in total. The fraction of sp³-hybridized carbons (Fsp3) is 0.344. The molecule has 0 radical (unpaired) electrons. The van der Waals surface area contributed by atoms with Crippen molar-refractivity contribution in [2.24, 2.45) is 0 Å². The molecule has 0 N–H and O–H groups in total. The number of para-hydroxylation sites is 2. The summed E-state index contributed by atoms with van der Waals surface area (Å²) in [7, 11) is 0. The van der Waals surface area contributed by atoms with Crippen LogP contribution in [0.1, 0.15) is 49.3 Å². The molecule has 4 heteroatoms. The van der Waals surface area contributed by atoms with E-state index in [2.05, 4.69) is 107 Å². The highest BCUT2D eigenvalue weighted by atomic mass is 16.1. The second kappa shape index (κ2) is 9.85. The zero-order valence-corrected chi connectivity index (χ0v) is 21.1. The summed E-state index contributed by atoms with van der Waals surface area (Å²) in [5, 5.41) is 0. The van der Waals surface area contributed by atoms with Crippen LogP contribution < -0.4 is 9.80 Å². The minimum atomic E-state index is -0.193. The smallest absolute Gasteiger partial charge is 0.162 e. The van der Waals surface area contributed by atoms with Gasteiger partial charge in [-0.05, 0) is 67.5 Å². The van der Waals surface area contributed by atoms with Crippen molar-refractivity contribution in [1.82, 2.24) is 4.90 Å². The third-order valence-corrected chi connectivity index (χ3v) is 8.35. The predicted molar refractivity (Wildman–Crippen MR) is 148 cm³/mol. The SMILES string of the molecule is CCN1c2ccccc2N(C2CCC(N(Cc3ccccc3)C3=Cc4ccccc4C3)CC2)C1C=O. The molecular formula is C32H35N3O. The van der Waals surface area contributed by atoms with Gasteiger partial charge in [0, 0.05) is 37.3 Å². The van der Waals surface area contributed by atoms with Crippen LogP contribution in [-0.2, 0) is 17.8 Å². The lowest BCUT2D eigenvalue weighted by molar-refractivity contribution is -0.109. The molecule has 0 bridgehead atoms. The van der Waals surface area contributed by atoms with Crippen molar-refractivity contribution in [2.45, 2.75) is 63.8 Å². The van der Waals surface area contributed by atoms with E-state index in [1.165, 1.54) is 33.8 Å². The second-order valence-corrected chi connectivity index (χ2v) is 10.3. The summed E-state index contributed by atoms with van der Waals surface area (Å²) in [6.45, 7) is 3.93. The number of likely N-dealkylation sites (N-methyl/N-ethyl adjacent to an activating group) is 1. The van der Waals surface area contributed by atoms with Gasteiger partial charge in [-0.1, -0.05) is 66.7 Å². The first kappa shape index (κ1) is 22.9. The first-order valence-corrected chi connectivity index (χ1v) is 13.4.